The molecule has 0 N–H and O–H groups in total. The first-order chi connectivity index (χ1) is 8.68. The summed E-state index contributed by atoms with van der Waals surface area (Å²) in [6, 6.07) is 3.86. The van der Waals surface area contributed by atoms with Crippen molar-refractivity contribution >= 4 is 5.91 Å². The Labute approximate surface area is 105 Å². The zero-order valence-corrected chi connectivity index (χ0v) is 10.3. The molecule has 0 spiro atoms. The number of hydrogen-bond donors (Lipinski definition) is 0. The Morgan fingerprint density at radius 3 is 2.67 bits per heavy atom. The molecule has 1 amide bonds. The summed E-state index contributed by atoms with van der Waals surface area (Å²) in [5.41, 5.74) is 1.92. The van der Waals surface area contributed by atoms with E-state index in [1.165, 1.54) is 0 Å². The summed E-state index contributed by atoms with van der Waals surface area (Å²) in [5.74, 6) is -0.178. The van der Waals surface area contributed by atoms with Crippen molar-refractivity contribution in [3.05, 3.63) is 41.5 Å². The van der Waals surface area contributed by atoms with Gasteiger partial charge < -0.3 is 4.90 Å². The van der Waals surface area contributed by atoms with Gasteiger partial charge in [0.15, 0.2) is 5.69 Å². The standard InChI is InChI=1S/C12H14N4O2/c1-9-11(15-18-14-9)12(17)16(2)8-5-10-3-6-13-7-4-10/h3-4,6-7H,5,8H2,1-2H3. The van der Waals surface area contributed by atoms with Crippen molar-refractivity contribution < 1.29 is 9.42 Å². The number of carbonyl (C=O) groups excluding carboxylic acids is 1. The van der Waals surface area contributed by atoms with Gasteiger partial charge in [-0.05, 0) is 36.2 Å². The summed E-state index contributed by atoms with van der Waals surface area (Å²) in [7, 11) is 1.73. The maximum Gasteiger partial charge on any atom is 0.277 e. The van der Waals surface area contributed by atoms with Gasteiger partial charge in [0.05, 0.1) is 0 Å². The Morgan fingerprint density at radius 2 is 2.06 bits per heavy atom. The van der Waals surface area contributed by atoms with Crippen molar-refractivity contribution in [1.29, 1.82) is 0 Å². The van der Waals surface area contributed by atoms with Gasteiger partial charge in [0.25, 0.3) is 5.91 Å². The van der Waals surface area contributed by atoms with Crippen molar-refractivity contribution in [3.63, 3.8) is 0 Å². The first-order valence-corrected chi connectivity index (χ1v) is 5.62. The van der Waals surface area contributed by atoms with E-state index in [-0.39, 0.29) is 11.6 Å². The number of hydrogen-bond acceptors (Lipinski definition) is 5. The molecule has 2 aromatic heterocycles. The lowest BCUT2D eigenvalue weighted by Gasteiger charge is -2.15. The monoisotopic (exact) mass is 246 g/mol. The van der Waals surface area contributed by atoms with E-state index in [0.29, 0.717) is 12.2 Å². The van der Waals surface area contributed by atoms with Crippen LogP contribution < -0.4 is 0 Å². The van der Waals surface area contributed by atoms with Crippen LogP contribution in [0.2, 0.25) is 0 Å². The zero-order chi connectivity index (χ0) is 13.0. The highest BCUT2D eigenvalue weighted by Crippen LogP contribution is 2.06. The molecule has 6 nitrogen and oxygen atoms in total. The van der Waals surface area contributed by atoms with E-state index in [0.717, 1.165) is 12.0 Å². The van der Waals surface area contributed by atoms with Crippen LogP contribution in [0.3, 0.4) is 0 Å². The highest BCUT2D eigenvalue weighted by Gasteiger charge is 2.18. The summed E-state index contributed by atoms with van der Waals surface area (Å²) in [6.07, 6.45) is 4.25. The lowest BCUT2D eigenvalue weighted by molar-refractivity contribution is 0.0785. The Balaban J connectivity index is 1.95. The number of pyridine rings is 1. The molecule has 0 aliphatic heterocycles. The maximum absolute atomic E-state index is 12.0. The Bertz CT molecular complexity index is 524. The highest BCUT2D eigenvalue weighted by molar-refractivity contribution is 5.92. The normalized spacial score (nSPS) is 10.3. The van der Waals surface area contributed by atoms with E-state index < -0.39 is 0 Å². The van der Waals surface area contributed by atoms with Crippen LogP contribution in [0.25, 0.3) is 0 Å². The average molecular weight is 246 g/mol. The Kier molecular flexibility index (Phi) is 3.66. The molecule has 18 heavy (non-hydrogen) atoms. The van der Waals surface area contributed by atoms with Crippen LogP contribution in [0.15, 0.2) is 29.2 Å². The Hall–Kier alpha value is -2.24. The molecule has 2 rings (SSSR count). The van der Waals surface area contributed by atoms with Gasteiger partial charge in [-0.3, -0.25) is 9.78 Å². The molecule has 0 aliphatic carbocycles. The van der Waals surface area contributed by atoms with Gasteiger partial charge in [-0.15, -0.1) is 0 Å². The fourth-order valence-electron chi connectivity index (χ4n) is 1.55. The van der Waals surface area contributed by atoms with Gasteiger partial charge in [-0.1, -0.05) is 5.16 Å². The predicted molar refractivity (Wildman–Crippen MR) is 63.9 cm³/mol. The average Bonchev–Trinajstić information content (AvgIpc) is 2.82. The molecule has 0 fully saturated rings. The minimum Gasteiger partial charge on any atom is -0.340 e. The van der Waals surface area contributed by atoms with Crippen molar-refractivity contribution in [2.75, 3.05) is 13.6 Å². The number of carbonyl (C=O) groups is 1. The minimum atomic E-state index is -0.178. The predicted octanol–water partition coefficient (Wildman–Crippen LogP) is 1.09. The van der Waals surface area contributed by atoms with E-state index in [1.54, 1.807) is 31.3 Å². The molecule has 2 heterocycles. The number of likely N-dealkylation sites (N-methyl/N-ethyl adjacent to an activating group) is 1. The molecule has 6 heteroatoms. The molecule has 0 aliphatic rings. The SMILES string of the molecule is Cc1nonc1C(=O)N(C)CCc1ccncc1. The molecule has 0 aromatic carbocycles. The van der Waals surface area contributed by atoms with Gasteiger partial charge in [-0.2, -0.15) is 0 Å². The van der Waals surface area contributed by atoms with Gasteiger partial charge in [0.2, 0.25) is 0 Å². The molecule has 2 aromatic rings. The van der Waals surface area contributed by atoms with Gasteiger partial charge in [0, 0.05) is 26.0 Å². The van der Waals surface area contributed by atoms with E-state index in [2.05, 4.69) is 19.9 Å². The number of aryl methyl sites for hydroxylation is 1. The van der Waals surface area contributed by atoms with Crippen LogP contribution in [0, 0.1) is 6.92 Å². The summed E-state index contributed by atoms with van der Waals surface area (Å²) < 4.78 is 4.52. The largest absolute Gasteiger partial charge is 0.340 e. The summed E-state index contributed by atoms with van der Waals surface area (Å²) in [4.78, 5) is 17.6. The number of aromatic nitrogens is 3. The first kappa shape index (κ1) is 12.2. The van der Waals surface area contributed by atoms with E-state index in [4.69, 9.17) is 0 Å². The van der Waals surface area contributed by atoms with Crippen LogP contribution in [0.1, 0.15) is 21.7 Å². The molecule has 0 unspecified atom stereocenters. The van der Waals surface area contributed by atoms with Crippen molar-refractivity contribution in [2.24, 2.45) is 0 Å². The van der Waals surface area contributed by atoms with Crippen LogP contribution in [-0.2, 0) is 6.42 Å². The smallest absolute Gasteiger partial charge is 0.277 e. The van der Waals surface area contributed by atoms with Crippen LogP contribution in [0.4, 0.5) is 0 Å². The molecule has 0 radical (unpaired) electrons. The molecule has 0 saturated carbocycles. The fraction of sp³-hybridized carbons (Fsp3) is 0.333. The third-order valence-corrected chi connectivity index (χ3v) is 2.69. The summed E-state index contributed by atoms with van der Waals surface area (Å²) in [6.45, 7) is 2.30. The molecule has 0 saturated heterocycles. The summed E-state index contributed by atoms with van der Waals surface area (Å²) >= 11 is 0. The lowest BCUT2D eigenvalue weighted by Crippen LogP contribution is -2.29. The summed E-state index contributed by atoms with van der Waals surface area (Å²) in [5, 5.41) is 7.20. The van der Waals surface area contributed by atoms with Crippen molar-refractivity contribution in [1.82, 2.24) is 20.2 Å². The molecule has 0 bridgehead atoms. The topological polar surface area (TPSA) is 72.1 Å². The van der Waals surface area contributed by atoms with E-state index >= 15 is 0 Å². The van der Waals surface area contributed by atoms with Crippen LogP contribution in [0.5, 0.6) is 0 Å². The van der Waals surface area contributed by atoms with E-state index in [1.807, 2.05) is 12.1 Å². The van der Waals surface area contributed by atoms with Crippen molar-refractivity contribution in [2.45, 2.75) is 13.3 Å². The van der Waals surface area contributed by atoms with E-state index in [9.17, 15) is 4.79 Å². The second kappa shape index (κ2) is 5.39. The minimum absolute atomic E-state index is 0.178. The Morgan fingerprint density at radius 1 is 1.33 bits per heavy atom. The second-order valence-electron chi connectivity index (χ2n) is 4.03. The van der Waals surface area contributed by atoms with Crippen LogP contribution in [-0.4, -0.2) is 39.7 Å². The van der Waals surface area contributed by atoms with Crippen LogP contribution >= 0.6 is 0 Å². The molecular weight excluding hydrogens is 232 g/mol. The fourth-order valence-corrected chi connectivity index (χ4v) is 1.55. The number of amides is 1. The van der Waals surface area contributed by atoms with Crippen molar-refractivity contribution in [3.8, 4) is 0 Å². The highest BCUT2D eigenvalue weighted by atomic mass is 16.6. The van der Waals surface area contributed by atoms with Gasteiger partial charge in [-0.25, -0.2) is 4.63 Å². The number of rotatable bonds is 4. The third-order valence-electron chi connectivity index (χ3n) is 2.69. The second-order valence-corrected chi connectivity index (χ2v) is 4.03. The lowest BCUT2D eigenvalue weighted by atomic mass is 10.2. The quantitative estimate of drug-likeness (QED) is 0.807. The zero-order valence-electron chi connectivity index (χ0n) is 10.3. The third kappa shape index (κ3) is 2.71. The maximum atomic E-state index is 12.0. The molecule has 94 valence electrons. The first-order valence-electron chi connectivity index (χ1n) is 5.62. The van der Waals surface area contributed by atoms with Gasteiger partial charge >= 0.3 is 0 Å². The number of nitrogens with zero attached hydrogens (tertiary/aromatic N) is 4. The van der Waals surface area contributed by atoms with Gasteiger partial charge in [0.1, 0.15) is 5.69 Å². The molecular formula is C12H14N4O2. The molecule has 0 atom stereocenters.